The molecule has 1 heterocycles. The molecule has 0 aliphatic heterocycles. The molecule has 2 rings (SSSR count). The molecule has 0 radical (unpaired) electrons. The second kappa shape index (κ2) is 8.42. The molecule has 0 aliphatic rings. The van der Waals surface area contributed by atoms with Crippen LogP contribution in [0.4, 0.5) is 5.69 Å². The van der Waals surface area contributed by atoms with E-state index in [1.165, 1.54) is 17.3 Å². The van der Waals surface area contributed by atoms with Crippen molar-refractivity contribution < 1.29 is 14.7 Å². The Morgan fingerprint density at radius 3 is 2.79 bits per heavy atom. The highest BCUT2D eigenvalue weighted by molar-refractivity contribution is 6.31. The predicted octanol–water partition coefficient (Wildman–Crippen LogP) is 1.66. The summed E-state index contributed by atoms with van der Waals surface area (Å²) in [5, 5.41) is 16.2. The van der Waals surface area contributed by atoms with Crippen molar-refractivity contribution in [2.75, 3.05) is 25.0 Å². The smallest absolute Gasteiger partial charge is 0.317 e. The van der Waals surface area contributed by atoms with Crippen molar-refractivity contribution in [3.8, 4) is 5.69 Å². The van der Waals surface area contributed by atoms with Crippen LogP contribution in [0.15, 0.2) is 30.9 Å². The van der Waals surface area contributed by atoms with E-state index in [2.05, 4.69) is 15.4 Å². The quantitative estimate of drug-likeness (QED) is 0.750. The number of carbonyl (C=O) groups excluding carboxylic acids is 1. The molecular weight excluding hydrogens is 334 g/mol. The second-order valence-electron chi connectivity index (χ2n) is 5.15. The van der Waals surface area contributed by atoms with Crippen LogP contribution in [0.25, 0.3) is 5.69 Å². The SMILES string of the molecule is CCCN(CC(=O)O)CC(=O)Nc1cc(Cl)ccc1-n1cncn1. The van der Waals surface area contributed by atoms with E-state index < -0.39 is 5.97 Å². The first-order chi connectivity index (χ1) is 11.5. The predicted molar refractivity (Wildman–Crippen MR) is 89.4 cm³/mol. The lowest BCUT2D eigenvalue weighted by Crippen LogP contribution is -2.37. The monoisotopic (exact) mass is 351 g/mol. The highest BCUT2D eigenvalue weighted by atomic mass is 35.5. The molecule has 24 heavy (non-hydrogen) atoms. The molecule has 0 aliphatic carbocycles. The summed E-state index contributed by atoms with van der Waals surface area (Å²) in [6, 6.07) is 5.01. The van der Waals surface area contributed by atoms with Crippen molar-refractivity contribution in [2.24, 2.45) is 0 Å². The molecule has 1 aromatic carbocycles. The van der Waals surface area contributed by atoms with Gasteiger partial charge >= 0.3 is 5.97 Å². The molecule has 0 fully saturated rings. The lowest BCUT2D eigenvalue weighted by atomic mass is 10.2. The molecule has 8 nitrogen and oxygen atoms in total. The number of amides is 1. The van der Waals surface area contributed by atoms with Crippen LogP contribution in [-0.2, 0) is 9.59 Å². The van der Waals surface area contributed by atoms with Crippen molar-refractivity contribution in [2.45, 2.75) is 13.3 Å². The van der Waals surface area contributed by atoms with Crippen LogP contribution in [0.1, 0.15) is 13.3 Å². The first-order valence-electron chi connectivity index (χ1n) is 7.38. The van der Waals surface area contributed by atoms with Gasteiger partial charge in [-0.2, -0.15) is 5.10 Å². The maximum absolute atomic E-state index is 12.3. The number of aromatic nitrogens is 3. The zero-order valence-corrected chi connectivity index (χ0v) is 13.9. The van der Waals surface area contributed by atoms with Gasteiger partial charge in [0.25, 0.3) is 0 Å². The van der Waals surface area contributed by atoms with Gasteiger partial charge in [-0.15, -0.1) is 0 Å². The van der Waals surface area contributed by atoms with Gasteiger partial charge in [-0.3, -0.25) is 14.5 Å². The minimum atomic E-state index is -0.970. The summed E-state index contributed by atoms with van der Waals surface area (Å²) in [4.78, 5) is 28.6. The summed E-state index contributed by atoms with van der Waals surface area (Å²) in [5.74, 6) is -1.30. The number of aliphatic carboxylic acids is 1. The van der Waals surface area contributed by atoms with E-state index in [4.69, 9.17) is 16.7 Å². The van der Waals surface area contributed by atoms with Crippen molar-refractivity contribution in [1.82, 2.24) is 19.7 Å². The third-order valence-electron chi connectivity index (χ3n) is 3.16. The Labute approximate surface area is 144 Å². The van der Waals surface area contributed by atoms with Crippen LogP contribution >= 0.6 is 11.6 Å². The Bertz CT molecular complexity index is 705. The van der Waals surface area contributed by atoms with Crippen LogP contribution in [0.5, 0.6) is 0 Å². The third kappa shape index (κ3) is 5.04. The first kappa shape index (κ1) is 17.9. The molecule has 0 bridgehead atoms. The Morgan fingerprint density at radius 1 is 1.38 bits per heavy atom. The van der Waals surface area contributed by atoms with Crippen LogP contribution in [0.2, 0.25) is 5.02 Å². The van der Waals surface area contributed by atoms with Crippen LogP contribution in [-0.4, -0.2) is 56.3 Å². The lowest BCUT2D eigenvalue weighted by Gasteiger charge is -2.19. The van der Waals surface area contributed by atoms with Gasteiger partial charge in [-0.05, 0) is 31.2 Å². The maximum atomic E-state index is 12.3. The average molecular weight is 352 g/mol. The Balaban J connectivity index is 2.13. The summed E-state index contributed by atoms with van der Waals surface area (Å²) in [7, 11) is 0. The Morgan fingerprint density at radius 2 is 2.17 bits per heavy atom. The minimum absolute atomic E-state index is 0.0244. The van der Waals surface area contributed by atoms with Gasteiger partial charge in [-0.25, -0.2) is 9.67 Å². The standard InChI is InChI=1S/C15H18ClN5O3/c1-2-5-20(8-15(23)24)7-14(22)19-12-6-11(16)3-4-13(12)21-10-17-9-18-21/h3-4,6,9-10H,2,5,7-8H2,1H3,(H,19,22)(H,23,24). The van der Waals surface area contributed by atoms with Crippen molar-refractivity contribution in [3.63, 3.8) is 0 Å². The molecule has 1 aromatic heterocycles. The number of benzene rings is 1. The number of carbonyl (C=O) groups is 2. The van der Waals surface area contributed by atoms with Gasteiger partial charge in [-0.1, -0.05) is 18.5 Å². The normalized spacial score (nSPS) is 10.8. The number of carboxylic acids is 1. The van der Waals surface area contributed by atoms with Gasteiger partial charge in [0, 0.05) is 5.02 Å². The molecule has 9 heteroatoms. The number of anilines is 1. The largest absolute Gasteiger partial charge is 0.480 e. The zero-order valence-electron chi connectivity index (χ0n) is 13.1. The molecular formula is C15H18ClN5O3. The molecule has 128 valence electrons. The fourth-order valence-corrected chi connectivity index (χ4v) is 2.43. The van der Waals surface area contributed by atoms with E-state index in [0.717, 1.165) is 6.42 Å². The molecule has 2 aromatic rings. The number of carboxylic acid groups (broad SMARTS) is 1. The van der Waals surface area contributed by atoms with Crippen molar-refractivity contribution in [1.29, 1.82) is 0 Å². The number of nitrogens with one attached hydrogen (secondary N) is 1. The molecule has 0 spiro atoms. The number of halogens is 1. The zero-order chi connectivity index (χ0) is 17.5. The van der Waals surface area contributed by atoms with E-state index >= 15 is 0 Å². The summed E-state index contributed by atoms with van der Waals surface area (Å²) in [5.41, 5.74) is 1.09. The third-order valence-corrected chi connectivity index (χ3v) is 3.40. The topological polar surface area (TPSA) is 100 Å². The van der Waals surface area contributed by atoms with Gasteiger partial charge in [0.05, 0.1) is 24.5 Å². The minimum Gasteiger partial charge on any atom is -0.480 e. The molecule has 0 atom stereocenters. The Hall–Kier alpha value is -2.45. The van der Waals surface area contributed by atoms with E-state index in [-0.39, 0.29) is 19.0 Å². The van der Waals surface area contributed by atoms with Crippen molar-refractivity contribution in [3.05, 3.63) is 35.9 Å². The lowest BCUT2D eigenvalue weighted by molar-refractivity contribution is -0.138. The first-order valence-corrected chi connectivity index (χ1v) is 7.76. The number of hydrogen-bond donors (Lipinski definition) is 2. The van der Waals surface area contributed by atoms with Gasteiger partial charge in [0.1, 0.15) is 12.7 Å². The molecule has 0 unspecified atom stereocenters. The summed E-state index contributed by atoms with van der Waals surface area (Å²) in [6.07, 6.45) is 3.64. The fraction of sp³-hybridized carbons (Fsp3) is 0.333. The Kier molecular flexibility index (Phi) is 6.28. The van der Waals surface area contributed by atoms with Crippen LogP contribution in [0, 0.1) is 0 Å². The number of hydrogen-bond acceptors (Lipinski definition) is 5. The van der Waals surface area contributed by atoms with Crippen LogP contribution in [0.3, 0.4) is 0 Å². The summed E-state index contributed by atoms with van der Waals surface area (Å²) in [6.45, 7) is 2.23. The van der Waals surface area contributed by atoms with Crippen molar-refractivity contribution >= 4 is 29.2 Å². The maximum Gasteiger partial charge on any atom is 0.317 e. The van der Waals surface area contributed by atoms with E-state index in [1.54, 1.807) is 23.1 Å². The fourth-order valence-electron chi connectivity index (χ4n) is 2.26. The van der Waals surface area contributed by atoms with Gasteiger partial charge in [0.2, 0.25) is 5.91 Å². The second-order valence-corrected chi connectivity index (χ2v) is 5.59. The summed E-state index contributed by atoms with van der Waals surface area (Å²) >= 11 is 6.00. The van der Waals surface area contributed by atoms with E-state index in [9.17, 15) is 9.59 Å². The molecule has 2 N–H and O–H groups in total. The molecule has 0 saturated carbocycles. The van der Waals surface area contributed by atoms with E-state index in [0.29, 0.717) is 22.9 Å². The number of nitrogens with zero attached hydrogens (tertiary/aromatic N) is 4. The average Bonchev–Trinajstić information content (AvgIpc) is 3.00. The highest BCUT2D eigenvalue weighted by Crippen LogP contribution is 2.23. The molecule has 1 amide bonds. The highest BCUT2D eigenvalue weighted by Gasteiger charge is 2.15. The number of rotatable bonds is 8. The summed E-state index contributed by atoms with van der Waals surface area (Å²) < 4.78 is 1.51. The van der Waals surface area contributed by atoms with Crippen LogP contribution < -0.4 is 5.32 Å². The van der Waals surface area contributed by atoms with Gasteiger partial charge < -0.3 is 10.4 Å². The molecule has 0 saturated heterocycles. The van der Waals surface area contributed by atoms with E-state index in [1.807, 2.05) is 6.92 Å². The van der Waals surface area contributed by atoms with Gasteiger partial charge in [0.15, 0.2) is 0 Å².